The van der Waals surface area contributed by atoms with Gasteiger partial charge < -0.3 is 20.1 Å². The van der Waals surface area contributed by atoms with Crippen molar-refractivity contribution in [2.24, 2.45) is 0 Å². The molecule has 0 radical (unpaired) electrons. The molecule has 0 aliphatic carbocycles. The van der Waals surface area contributed by atoms with Crippen molar-refractivity contribution in [3.63, 3.8) is 0 Å². The Hall–Kier alpha value is -4.11. The minimum absolute atomic E-state index is 0.145. The molecule has 1 saturated heterocycles. The summed E-state index contributed by atoms with van der Waals surface area (Å²) in [6, 6.07) is 17.9. The van der Waals surface area contributed by atoms with E-state index in [0.29, 0.717) is 27.2 Å². The summed E-state index contributed by atoms with van der Waals surface area (Å²) < 4.78 is 11.7. The number of amides is 4. The van der Waals surface area contributed by atoms with Crippen molar-refractivity contribution in [1.29, 1.82) is 0 Å². The maximum absolute atomic E-state index is 12.9. The number of nitrogens with zero attached hydrogens (tertiary/aromatic N) is 1. The topological polar surface area (TPSA) is 97.0 Å². The summed E-state index contributed by atoms with van der Waals surface area (Å²) in [6.07, 6.45) is 1.57. The summed E-state index contributed by atoms with van der Waals surface area (Å²) in [5.41, 5.74) is 4.42. The molecule has 190 valence electrons. The molecule has 0 unspecified atom stereocenters. The molecule has 4 rings (SSSR count). The molecule has 9 heteroatoms. The van der Waals surface area contributed by atoms with Gasteiger partial charge in [0.2, 0.25) is 0 Å². The third kappa shape index (κ3) is 6.37. The normalized spacial score (nSPS) is 14.1. The molecule has 4 amide bonds. The molecule has 1 heterocycles. The molecule has 1 aliphatic heterocycles. The van der Waals surface area contributed by atoms with Crippen LogP contribution in [0.1, 0.15) is 22.3 Å². The number of benzene rings is 3. The van der Waals surface area contributed by atoms with Crippen molar-refractivity contribution in [2.75, 3.05) is 19.0 Å². The fraction of sp³-hybridized carbons (Fsp3) is 0.179. The van der Waals surface area contributed by atoms with Crippen molar-refractivity contribution < 1.29 is 23.9 Å². The molecule has 2 N–H and O–H groups in total. The monoisotopic (exact) mass is 563 g/mol. The number of urea groups is 1. The number of nitrogens with one attached hydrogen (secondary N) is 2. The van der Waals surface area contributed by atoms with Gasteiger partial charge in [-0.2, -0.15) is 0 Å². The molecule has 1 fully saturated rings. The zero-order valence-corrected chi connectivity index (χ0v) is 22.2. The fourth-order valence-electron chi connectivity index (χ4n) is 3.77. The van der Waals surface area contributed by atoms with Crippen molar-refractivity contribution >= 4 is 45.5 Å². The van der Waals surface area contributed by atoms with E-state index in [-0.39, 0.29) is 24.8 Å². The van der Waals surface area contributed by atoms with Crippen LogP contribution < -0.4 is 20.1 Å². The lowest BCUT2D eigenvalue weighted by Gasteiger charge is -2.13. The summed E-state index contributed by atoms with van der Waals surface area (Å²) in [7, 11) is 1.48. The van der Waals surface area contributed by atoms with E-state index in [4.69, 9.17) is 9.47 Å². The largest absolute Gasteiger partial charge is 0.493 e. The zero-order valence-electron chi connectivity index (χ0n) is 20.6. The third-order valence-electron chi connectivity index (χ3n) is 5.66. The van der Waals surface area contributed by atoms with Gasteiger partial charge in [-0.15, -0.1) is 0 Å². The lowest BCUT2D eigenvalue weighted by Crippen LogP contribution is -2.30. The molecule has 0 saturated carbocycles. The number of halogens is 1. The van der Waals surface area contributed by atoms with Crippen LogP contribution in [0.15, 0.2) is 70.8 Å². The Kier molecular flexibility index (Phi) is 7.93. The first-order chi connectivity index (χ1) is 17.7. The molecule has 3 aromatic carbocycles. The smallest absolute Gasteiger partial charge is 0.329 e. The van der Waals surface area contributed by atoms with Crippen molar-refractivity contribution in [1.82, 2.24) is 10.2 Å². The van der Waals surface area contributed by atoms with Crippen LogP contribution in [-0.4, -0.2) is 36.5 Å². The van der Waals surface area contributed by atoms with E-state index in [2.05, 4.69) is 26.6 Å². The van der Waals surface area contributed by atoms with Gasteiger partial charge in [-0.1, -0.05) is 63.5 Å². The predicted molar refractivity (Wildman–Crippen MR) is 144 cm³/mol. The van der Waals surface area contributed by atoms with Crippen LogP contribution in [0.5, 0.6) is 11.5 Å². The van der Waals surface area contributed by atoms with E-state index in [1.807, 2.05) is 62.4 Å². The fourth-order valence-corrected chi connectivity index (χ4v) is 4.21. The van der Waals surface area contributed by atoms with Gasteiger partial charge in [-0.05, 0) is 55.3 Å². The minimum Gasteiger partial charge on any atom is -0.493 e. The average molecular weight is 564 g/mol. The van der Waals surface area contributed by atoms with E-state index in [0.717, 1.165) is 21.6 Å². The molecule has 37 heavy (non-hydrogen) atoms. The number of anilines is 1. The Labute approximate surface area is 223 Å². The number of ether oxygens (including phenoxy) is 2. The van der Waals surface area contributed by atoms with Crippen LogP contribution in [0.2, 0.25) is 0 Å². The highest BCUT2D eigenvalue weighted by molar-refractivity contribution is 9.10. The van der Waals surface area contributed by atoms with E-state index in [1.54, 1.807) is 18.2 Å². The first kappa shape index (κ1) is 26.0. The van der Waals surface area contributed by atoms with Crippen molar-refractivity contribution in [3.8, 4) is 11.5 Å². The van der Waals surface area contributed by atoms with Crippen LogP contribution >= 0.6 is 15.9 Å². The second-order valence-electron chi connectivity index (χ2n) is 8.60. The van der Waals surface area contributed by atoms with Gasteiger partial charge in [0, 0.05) is 10.2 Å². The van der Waals surface area contributed by atoms with Crippen LogP contribution in [0.3, 0.4) is 0 Å². The first-order valence-electron chi connectivity index (χ1n) is 11.5. The quantitative estimate of drug-likeness (QED) is 0.290. The van der Waals surface area contributed by atoms with Crippen molar-refractivity contribution in [3.05, 3.63) is 93.1 Å². The Morgan fingerprint density at radius 2 is 1.78 bits per heavy atom. The second kappa shape index (κ2) is 11.3. The van der Waals surface area contributed by atoms with Gasteiger partial charge in [0.25, 0.3) is 11.8 Å². The lowest BCUT2D eigenvalue weighted by atomic mass is 10.1. The molecule has 0 aromatic heterocycles. The highest BCUT2D eigenvalue weighted by atomic mass is 79.9. The number of rotatable bonds is 8. The Morgan fingerprint density at radius 3 is 2.49 bits per heavy atom. The van der Waals surface area contributed by atoms with Gasteiger partial charge in [0.1, 0.15) is 5.70 Å². The van der Waals surface area contributed by atoms with Crippen LogP contribution in [-0.2, 0) is 16.1 Å². The zero-order chi connectivity index (χ0) is 26.5. The molecule has 8 nitrogen and oxygen atoms in total. The van der Waals surface area contributed by atoms with Crippen LogP contribution in [0.25, 0.3) is 6.08 Å². The number of hydrogen-bond acceptors (Lipinski definition) is 5. The van der Waals surface area contributed by atoms with Gasteiger partial charge in [0.15, 0.2) is 18.1 Å². The van der Waals surface area contributed by atoms with Gasteiger partial charge in [0.05, 0.1) is 13.7 Å². The second-order valence-corrected chi connectivity index (χ2v) is 9.45. The van der Waals surface area contributed by atoms with E-state index < -0.39 is 11.9 Å². The van der Waals surface area contributed by atoms with E-state index in [1.165, 1.54) is 7.11 Å². The Bertz CT molecular complexity index is 1390. The van der Waals surface area contributed by atoms with Crippen LogP contribution in [0.4, 0.5) is 10.5 Å². The minimum atomic E-state index is -0.486. The number of methoxy groups -OCH3 is 1. The lowest BCUT2D eigenvalue weighted by molar-refractivity contribution is -0.123. The van der Waals surface area contributed by atoms with Crippen LogP contribution in [0, 0.1) is 13.8 Å². The summed E-state index contributed by atoms with van der Waals surface area (Å²) in [5, 5.41) is 5.41. The molecule has 0 atom stereocenters. The molecule has 0 spiro atoms. The van der Waals surface area contributed by atoms with Crippen molar-refractivity contribution in [2.45, 2.75) is 20.4 Å². The third-order valence-corrected chi connectivity index (χ3v) is 6.35. The maximum Gasteiger partial charge on any atom is 0.329 e. The van der Waals surface area contributed by atoms with Gasteiger partial charge >= 0.3 is 6.03 Å². The highest BCUT2D eigenvalue weighted by Crippen LogP contribution is 2.35. The number of hydrogen-bond donors (Lipinski definition) is 2. The Balaban J connectivity index is 1.46. The number of aryl methyl sites for hydroxylation is 2. The van der Waals surface area contributed by atoms with Gasteiger partial charge in [-0.25, -0.2) is 4.79 Å². The SMILES string of the molecule is COc1cc(/C=C2/NC(=O)N(Cc3cccc(C)c3)C2=O)c(Br)cc1OCC(=O)Nc1ccc(C)cc1. The number of carbonyl (C=O) groups is 3. The summed E-state index contributed by atoms with van der Waals surface area (Å²) in [5.74, 6) is -0.0309. The standard InChI is InChI=1S/C28H26BrN3O5/c1-17-7-9-21(10-8-17)30-26(33)16-37-25-14-22(29)20(13-24(25)36-3)12-23-27(34)32(28(35)31-23)15-19-6-4-5-18(2)11-19/h4-14H,15-16H2,1-3H3,(H,30,33)(H,31,35)/b23-12+. The summed E-state index contributed by atoms with van der Waals surface area (Å²) >= 11 is 3.48. The molecular weight excluding hydrogens is 538 g/mol. The molecule has 0 bridgehead atoms. The van der Waals surface area contributed by atoms with E-state index >= 15 is 0 Å². The summed E-state index contributed by atoms with van der Waals surface area (Å²) in [6.45, 7) is 3.87. The molecule has 1 aliphatic rings. The number of imide groups is 1. The average Bonchev–Trinajstić information content (AvgIpc) is 3.12. The maximum atomic E-state index is 12.9. The Morgan fingerprint density at radius 1 is 1.03 bits per heavy atom. The highest BCUT2D eigenvalue weighted by Gasteiger charge is 2.33. The first-order valence-corrected chi connectivity index (χ1v) is 12.3. The van der Waals surface area contributed by atoms with E-state index in [9.17, 15) is 14.4 Å². The van der Waals surface area contributed by atoms with Gasteiger partial charge in [-0.3, -0.25) is 14.5 Å². The molecule has 3 aromatic rings. The predicted octanol–water partition coefficient (Wildman–Crippen LogP) is 5.18. The number of carbonyl (C=O) groups excluding carboxylic acids is 3. The summed E-state index contributed by atoms with van der Waals surface area (Å²) in [4.78, 5) is 38.9. The molecular formula is C28H26BrN3O5.